The number of benzene rings is 2. The molecule has 2 heterocycles. The third-order valence-electron chi connectivity index (χ3n) is 4.53. The van der Waals surface area contributed by atoms with Gasteiger partial charge in [0.15, 0.2) is 0 Å². The highest BCUT2D eigenvalue weighted by atomic mass is 16.1. The van der Waals surface area contributed by atoms with Crippen LogP contribution in [0.3, 0.4) is 0 Å². The fourth-order valence-electron chi connectivity index (χ4n) is 3.27. The van der Waals surface area contributed by atoms with E-state index in [1.54, 1.807) is 24.5 Å². The fraction of sp³-hybridized carbons (Fsp3) is 0.200. The van der Waals surface area contributed by atoms with Crippen LogP contribution in [0.5, 0.6) is 0 Å². The molecule has 3 aromatic rings. The quantitative estimate of drug-likeness (QED) is 0.774. The first-order valence-electron chi connectivity index (χ1n) is 8.52. The van der Waals surface area contributed by atoms with Crippen molar-refractivity contribution in [1.82, 2.24) is 10.3 Å². The third-order valence-corrected chi connectivity index (χ3v) is 4.53. The maximum absolute atomic E-state index is 12.5. The molecule has 0 bridgehead atoms. The molecule has 4 rings (SSSR count). The molecule has 0 aliphatic carbocycles. The highest BCUT2D eigenvalue weighted by molar-refractivity contribution is 6.11. The summed E-state index contributed by atoms with van der Waals surface area (Å²) in [6.07, 6.45) is 3.24. The molecule has 0 spiro atoms. The standard InChI is InChI=1S/C20H20N4O/c25-20(15-4-3-9-22-14-15)23-18-7-8-19(24-12-10-21-11-13-24)17-6-2-1-5-16(17)18/h1-9,14,21H,10-13H2,(H,23,25). The Kier molecular flexibility index (Phi) is 4.31. The van der Waals surface area contributed by atoms with Gasteiger partial charge in [-0.3, -0.25) is 9.78 Å². The van der Waals surface area contributed by atoms with Crippen molar-refractivity contribution in [2.45, 2.75) is 0 Å². The van der Waals surface area contributed by atoms with E-state index in [1.165, 1.54) is 5.69 Å². The molecular weight excluding hydrogens is 312 g/mol. The van der Waals surface area contributed by atoms with E-state index in [0.29, 0.717) is 5.56 Å². The van der Waals surface area contributed by atoms with E-state index in [2.05, 4.69) is 38.7 Å². The smallest absolute Gasteiger partial charge is 0.257 e. The number of rotatable bonds is 3. The lowest BCUT2D eigenvalue weighted by molar-refractivity contribution is 0.102. The van der Waals surface area contributed by atoms with E-state index < -0.39 is 0 Å². The van der Waals surface area contributed by atoms with E-state index in [-0.39, 0.29) is 5.91 Å². The van der Waals surface area contributed by atoms with Crippen molar-refractivity contribution in [3.05, 3.63) is 66.5 Å². The highest BCUT2D eigenvalue weighted by Crippen LogP contribution is 2.32. The molecule has 1 fully saturated rings. The molecule has 2 aromatic carbocycles. The van der Waals surface area contributed by atoms with Crippen LogP contribution in [0, 0.1) is 0 Å². The molecule has 1 aliphatic heterocycles. The Labute approximate surface area is 146 Å². The number of pyridine rings is 1. The molecule has 0 atom stereocenters. The first-order chi connectivity index (χ1) is 12.3. The topological polar surface area (TPSA) is 57.3 Å². The van der Waals surface area contributed by atoms with Crippen LogP contribution in [-0.2, 0) is 0 Å². The average Bonchev–Trinajstić information content (AvgIpc) is 2.69. The predicted molar refractivity (Wildman–Crippen MR) is 101 cm³/mol. The summed E-state index contributed by atoms with van der Waals surface area (Å²) in [4.78, 5) is 18.9. The molecule has 25 heavy (non-hydrogen) atoms. The minimum absolute atomic E-state index is 0.145. The van der Waals surface area contributed by atoms with Gasteiger partial charge in [-0.05, 0) is 24.3 Å². The molecule has 0 unspecified atom stereocenters. The van der Waals surface area contributed by atoms with Crippen LogP contribution < -0.4 is 15.5 Å². The number of nitrogens with zero attached hydrogens (tertiary/aromatic N) is 2. The molecule has 1 saturated heterocycles. The molecule has 1 amide bonds. The second-order valence-corrected chi connectivity index (χ2v) is 6.11. The minimum Gasteiger partial charge on any atom is -0.368 e. The van der Waals surface area contributed by atoms with Crippen LogP contribution in [0.25, 0.3) is 10.8 Å². The molecular formula is C20H20N4O. The first-order valence-corrected chi connectivity index (χ1v) is 8.52. The number of hydrogen-bond acceptors (Lipinski definition) is 4. The summed E-state index contributed by atoms with van der Waals surface area (Å²) in [5, 5.41) is 8.62. The maximum atomic E-state index is 12.5. The lowest BCUT2D eigenvalue weighted by Gasteiger charge is -2.30. The predicted octanol–water partition coefficient (Wildman–Crippen LogP) is 2.90. The average molecular weight is 332 g/mol. The number of fused-ring (bicyclic) bond motifs is 1. The molecule has 2 N–H and O–H groups in total. The van der Waals surface area contributed by atoms with E-state index >= 15 is 0 Å². The largest absolute Gasteiger partial charge is 0.368 e. The minimum atomic E-state index is -0.145. The zero-order valence-corrected chi connectivity index (χ0v) is 13.9. The van der Waals surface area contributed by atoms with Crippen molar-refractivity contribution in [1.29, 1.82) is 0 Å². The SMILES string of the molecule is O=C(Nc1ccc(N2CCNCC2)c2ccccc12)c1cccnc1. The lowest BCUT2D eigenvalue weighted by atomic mass is 10.0. The van der Waals surface area contributed by atoms with E-state index in [9.17, 15) is 4.79 Å². The van der Waals surface area contributed by atoms with Gasteiger partial charge in [0.05, 0.1) is 5.56 Å². The molecule has 0 saturated carbocycles. The molecule has 1 aliphatic rings. The Bertz CT molecular complexity index is 889. The summed E-state index contributed by atoms with van der Waals surface area (Å²) in [5.74, 6) is -0.145. The van der Waals surface area contributed by atoms with Gasteiger partial charge in [-0.25, -0.2) is 0 Å². The lowest BCUT2D eigenvalue weighted by Crippen LogP contribution is -2.43. The number of amides is 1. The number of carbonyl (C=O) groups excluding carboxylic acids is 1. The molecule has 0 radical (unpaired) electrons. The van der Waals surface area contributed by atoms with Gasteiger partial charge < -0.3 is 15.5 Å². The Morgan fingerprint density at radius 3 is 2.56 bits per heavy atom. The van der Waals surface area contributed by atoms with Crippen molar-refractivity contribution in [2.24, 2.45) is 0 Å². The summed E-state index contributed by atoms with van der Waals surface area (Å²) in [6, 6.07) is 15.8. The normalized spacial score (nSPS) is 14.5. The third kappa shape index (κ3) is 3.19. The Morgan fingerprint density at radius 2 is 1.80 bits per heavy atom. The van der Waals surface area contributed by atoms with Crippen molar-refractivity contribution in [3.63, 3.8) is 0 Å². The van der Waals surface area contributed by atoms with Crippen LogP contribution in [0.15, 0.2) is 60.9 Å². The number of hydrogen-bond donors (Lipinski definition) is 2. The monoisotopic (exact) mass is 332 g/mol. The Hall–Kier alpha value is -2.92. The number of piperazine rings is 1. The summed E-state index contributed by atoms with van der Waals surface area (Å²) < 4.78 is 0. The molecule has 5 nitrogen and oxygen atoms in total. The van der Waals surface area contributed by atoms with Crippen molar-refractivity contribution < 1.29 is 4.79 Å². The number of anilines is 2. The van der Waals surface area contributed by atoms with Crippen LogP contribution in [0.1, 0.15) is 10.4 Å². The number of nitrogens with one attached hydrogen (secondary N) is 2. The van der Waals surface area contributed by atoms with Crippen LogP contribution >= 0.6 is 0 Å². The highest BCUT2D eigenvalue weighted by Gasteiger charge is 2.15. The molecule has 5 heteroatoms. The van der Waals surface area contributed by atoms with Gasteiger partial charge in [-0.15, -0.1) is 0 Å². The zero-order valence-electron chi connectivity index (χ0n) is 13.9. The van der Waals surface area contributed by atoms with Crippen LogP contribution in [0.2, 0.25) is 0 Å². The van der Waals surface area contributed by atoms with Crippen molar-refractivity contribution in [2.75, 3.05) is 36.4 Å². The van der Waals surface area contributed by atoms with Gasteiger partial charge in [0.25, 0.3) is 5.91 Å². The Balaban J connectivity index is 1.70. The van der Waals surface area contributed by atoms with E-state index in [4.69, 9.17) is 0 Å². The molecule has 1 aromatic heterocycles. The van der Waals surface area contributed by atoms with Gasteiger partial charge in [0.2, 0.25) is 0 Å². The van der Waals surface area contributed by atoms with Crippen molar-refractivity contribution >= 4 is 28.1 Å². The van der Waals surface area contributed by atoms with Gasteiger partial charge in [-0.1, -0.05) is 24.3 Å². The fourth-order valence-corrected chi connectivity index (χ4v) is 3.27. The van der Waals surface area contributed by atoms with E-state index in [1.807, 2.05) is 18.2 Å². The number of aromatic nitrogens is 1. The summed E-state index contributed by atoms with van der Waals surface area (Å²) in [7, 11) is 0. The van der Waals surface area contributed by atoms with Crippen LogP contribution in [0.4, 0.5) is 11.4 Å². The summed E-state index contributed by atoms with van der Waals surface area (Å²) in [6.45, 7) is 3.97. The Morgan fingerprint density at radius 1 is 1.00 bits per heavy atom. The van der Waals surface area contributed by atoms with Gasteiger partial charge in [0.1, 0.15) is 0 Å². The first kappa shape index (κ1) is 15.6. The summed E-state index contributed by atoms with van der Waals surface area (Å²) in [5.41, 5.74) is 2.59. The van der Waals surface area contributed by atoms with E-state index in [0.717, 1.165) is 42.6 Å². The summed E-state index contributed by atoms with van der Waals surface area (Å²) >= 11 is 0. The van der Waals surface area contributed by atoms with Gasteiger partial charge in [-0.2, -0.15) is 0 Å². The maximum Gasteiger partial charge on any atom is 0.257 e. The van der Waals surface area contributed by atoms with Crippen LogP contribution in [-0.4, -0.2) is 37.1 Å². The second-order valence-electron chi connectivity index (χ2n) is 6.11. The second kappa shape index (κ2) is 6.91. The van der Waals surface area contributed by atoms with Crippen molar-refractivity contribution in [3.8, 4) is 0 Å². The van der Waals surface area contributed by atoms with Gasteiger partial charge >= 0.3 is 0 Å². The number of carbonyl (C=O) groups is 1. The zero-order chi connectivity index (χ0) is 17.1. The van der Waals surface area contributed by atoms with Gasteiger partial charge in [0, 0.05) is 60.7 Å². The molecule has 126 valence electrons.